The first-order valence-electron chi connectivity index (χ1n) is 9.38. The van der Waals surface area contributed by atoms with Crippen molar-refractivity contribution in [1.29, 1.82) is 0 Å². The first-order valence-corrected chi connectivity index (χ1v) is 9.75. The van der Waals surface area contributed by atoms with Gasteiger partial charge >= 0.3 is 0 Å². The summed E-state index contributed by atoms with van der Waals surface area (Å²) in [5, 5.41) is 19.6. The summed E-state index contributed by atoms with van der Waals surface area (Å²) in [7, 11) is 1.50. The number of anilines is 2. The molecule has 2 aliphatic rings. The third kappa shape index (κ3) is 3.15. The Hall–Kier alpha value is -2.61. The highest BCUT2D eigenvalue weighted by Gasteiger charge is 2.60. The van der Waals surface area contributed by atoms with E-state index in [-0.39, 0.29) is 11.8 Å². The average molecular weight is 416 g/mol. The minimum Gasteiger partial charge on any atom is -0.495 e. The van der Waals surface area contributed by atoms with Crippen LogP contribution in [0.4, 0.5) is 11.4 Å². The summed E-state index contributed by atoms with van der Waals surface area (Å²) in [5.41, 5.74) is 0.529. The molecule has 4 unspecified atom stereocenters. The molecule has 8 heteroatoms. The van der Waals surface area contributed by atoms with Gasteiger partial charge in [-0.3, -0.25) is 14.9 Å². The summed E-state index contributed by atoms with van der Waals surface area (Å²) in [6, 6.07) is 11.8. The topological polar surface area (TPSA) is 99.7 Å². The maximum atomic E-state index is 13.4. The number of para-hydroxylation sites is 1. The lowest BCUT2D eigenvalue weighted by Gasteiger charge is -2.29. The van der Waals surface area contributed by atoms with Gasteiger partial charge in [0.15, 0.2) is 0 Å². The molecule has 0 radical (unpaired) electrons. The number of carbonyl (C=O) groups is 2. The second-order valence-corrected chi connectivity index (χ2v) is 7.86. The average Bonchev–Trinajstić information content (AvgIpc) is 3.22. The van der Waals surface area contributed by atoms with Crippen molar-refractivity contribution in [2.24, 2.45) is 5.92 Å². The Kier molecular flexibility index (Phi) is 4.98. The van der Waals surface area contributed by atoms with Gasteiger partial charge in [0.2, 0.25) is 11.8 Å². The van der Waals surface area contributed by atoms with Gasteiger partial charge < -0.3 is 20.5 Å². The highest BCUT2D eigenvalue weighted by molar-refractivity contribution is 6.31. The molecule has 0 aliphatic carbocycles. The van der Waals surface area contributed by atoms with Crippen molar-refractivity contribution in [2.75, 3.05) is 17.7 Å². The summed E-state index contributed by atoms with van der Waals surface area (Å²) < 4.78 is 5.31. The van der Waals surface area contributed by atoms with E-state index >= 15 is 0 Å². The molecule has 1 fully saturated rings. The third-order valence-electron chi connectivity index (χ3n) is 5.70. The number of methoxy groups -OCH3 is 1. The van der Waals surface area contributed by atoms with Gasteiger partial charge in [-0.05, 0) is 37.6 Å². The Morgan fingerprint density at radius 2 is 2.10 bits per heavy atom. The van der Waals surface area contributed by atoms with Crippen LogP contribution in [0, 0.1) is 5.92 Å². The van der Waals surface area contributed by atoms with Crippen molar-refractivity contribution in [3.63, 3.8) is 0 Å². The standard InChI is InChI=1S/C21H22ClN3O4/c1-11(26)16-10-14(19(27)23-17-9-12(22)7-8-18(17)29-2)21(25-16)13-5-3-4-6-15(13)24-20(21)28/h3-9,11,14,16,25-26H,10H2,1-2H3,(H,23,27)(H,24,28). The fourth-order valence-electron chi connectivity index (χ4n) is 4.27. The molecule has 4 N–H and O–H groups in total. The number of benzene rings is 2. The van der Waals surface area contributed by atoms with Crippen LogP contribution >= 0.6 is 11.6 Å². The molecular formula is C21H22ClN3O4. The molecule has 0 aromatic heterocycles. The molecule has 152 valence electrons. The maximum Gasteiger partial charge on any atom is 0.250 e. The number of fused-ring (bicyclic) bond motifs is 2. The lowest BCUT2D eigenvalue weighted by molar-refractivity contribution is -0.130. The highest BCUT2D eigenvalue weighted by atomic mass is 35.5. The van der Waals surface area contributed by atoms with Crippen molar-refractivity contribution < 1.29 is 19.4 Å². The van der Waals surface area contributed by atoms with E-state index in [1.54, 1.807) is 31.2 Å². The van der Waals surface area contributed by atoms with E-state index in [9.17, 15) is 14.7 Å². The van der Waals surface area contributed by atoms with Gasteiger partial charge in [-0.15, -0.1) is 0 Å². The fourth-order valence-corrected chi connectivity index (χ4v) is 4.44. The molecule has 2 aliphatic heterocycles. The van der Waals surface area contributed by atoms with E-state index in [2.05, 4.69) is 16.0 Å². The van der Waals surface area contributed by atoms with E-state index in [0.717, 1.165) is 0 Å². The first-order chi connectivity index (χ1) is 13.9. The van der Waals surface area contributed by atoms with E-state index < -0.39 is 23.6 Å². The molecule has 2 amide bonds. The number of hydrogen-bond donors (Lipinski definition) is 4. The number of rotatable bonds is 4. The van der Waals surface area contributed by atoms with Crippen LogP contribution in [0.15, 0.2) is 42.5 Å². The summed E-state index contributed by atoms with van der Waals surface area (Å²) in [6.07, 6.45) is -0.431. The van der Waals surface area contributed by atoms with Crippen LogP contribution in [-0.2, 0) is 15.1 Å². The van der Waals surface area contributed by atoms with Gasteiger partial charge in [-0.25, -0.2) is 0 Å². The molecule has 2 aromatic carbocycles. The zero-order chi connectivity index (χ0) is 20.8. The van der Waals surface area contributed by atoms with Crippen molar-refractivity contribution in [3.8, 4) is 5.75 Å². The Morgan fingerprint density at radius 3 is 2.83 bits per heavy atom. The Bertz CT molecular complexity index is 980. The molecule has 0 bridgehead atoms. The van der Waals surface area contributed by atoms with Crippen LogP contribution in [-0.4, -0.2) is 36.2 Å². The third-order valence-corrected chi connectivity index (χ3v) is 5.94. The predicted molar refractivity (Wildman–Crippen MR) is 110 cm³/mol. The van der Waals surface area contributed by atoms with Crippen LogP contribution in [0.5, 0.6) is 5.75 Å². The smallest absolute Gasteiger partial charge is 0.250 e. The Balaban J connectivity index is 1.74. The molecule has 7 nitrogen and oxygen atoms in total. The normalized spacial score (nSPS) is 26.1. The maximum absolute atomic E-state index is 13.4. The van der Waals surface area contributed by atoms with Crippen LogP contribution in [0.2, 0.25) is 5.02 Å². The van der Waals surface area contributed by atoms with Gasteiger partial charge in [-0.2, -0.15) is 0 Å². The van der Waals surface area contributed by atoms with Gasteiger partial charge in [0.1, 0.15) is 11.3 Å². The van der Waals surface area contributed by atoms with Crippen molar-refractivity contribution >= 4 is 34.8 Å². The number of hydrogen-bond acceptors (Lipinski definition) is 5. The highest BCUT2D eigenvalue weighted by Crippen LogP contribution is 2.47. The number of halogens is 1. The predicted octanol–water partition coefficient (Wildman–Crippen LogP) is 2.49. The van der Waals surface area contributed by atoms with Crippen LogP contribution in [0.25, 0.3) is 0 Å². The molecule has 1 saturated heterocycles. The van der Waals surface area contributed by atoms with E-state index in [1.807, 2.05) is 18.2 Å². The van der Waals surface area contributed by atoms with Gasteiger partial charge in [0.05, 0.1) is 24.8 Å². The van der Waals surface area contributed by atoms with Crippen LogP contribution in [0.3, 0.4) is 0 Å². The van der Waals surface area contributed by atoms with E-state index in [0.29, 0.717) is 34.1 Å². The molecule has 4 atom stereocenters. The second kappa shape index (κ2) is 7.33. The Morgan fingerprint density at radius 1 is 1.34 bits per heavy atom. The molecule has 4 rings (SSSR count). The first kappa shape index (κ1) is 19.7. The SMILES string of the molecule is COc1ccc(Cl)cc1NC(=O)C1CC(C(C)O)NC12C(=O)Nc1ccccc12. The summed E-state index contributed by atoms with van der Waals surface area (Å²) in [4.78, 5) is 26.5. The number of aliphatic hydroxyl groups is 1. The Labute approximate surface area is 173 Å². The molecule has 2 aromatic rings. The quantitative estimate of drug-likeness (QED) is 0.614. The molecule has 1 spiro atoms. The largest absolute Gasteiger partial charge is 0.495 e. The lowest BCUT2D eigenvalue weighted by Crippen LogP contribution is -2.53. The van der Waals surface area contributed by atoms with Crippen LogP contribution in [0.1, 0.15) is 18.9 Å². The van der Waals surface area contributed by atoms with Gasteiger partial charge in [0, 0.05) is 22.3 Å². The van der Waals surface area contributed by atoms with E-state index in [4.69, 9.17) is 16.3 Å². The number of amides is 2. The molecule has 29 heavy (non-hydrogen) atoms. The summed E-state index contributed by atoms with van der Waals surface area (Å²) in [6.45, 7) is 1.64. The minimum absolute atomic E-state index is 0.300. The zero-order valence-electron chi connectivity index (χ0n) is 16.0. The van der Waals surface area contributed by atoms with Crippen molar-refractivity contribution in [3.05, 3.63) is 53.1 Å². The monoisotopic (exact) mass is 415 g/mol. The van der Waals surface area contributed by atoms with Crippen LogP contribution < -0.4 is 20.7 Å². The lowest BCUT2D eigenvalue weighted by atomic mass is 9.79. The molecule has 2 heterocycles. The summed E-state index contributed by atoms with van der Waals surface area (Å²) >= 11 is 6.08. The van der Waals surface area contributed by atoms with Crippen molar-refractivity contribution in [1.82, 2.24) is 5.32 Å². The van der Waals surface area contributed by atoms with Gasteiger partial charge in [-0.1, -0.05) is 29.8 Å². The number of aliphatic hydroxyl groups excluding tert-OH is 1. The fraction of sp³-hybridized carbons (Fsp3) is 0.333. The number of ether oxygens (including phenoxy) is 1. The zero-order valence-corrected chi connectivity index (χ0v) is 16.8. The minimum atomic E-state index is -1.26. The van der Waals surface area contributed by atoms with E-state index in [1.165, 1.54) is 7.11 Å². The summed E-state index contributed by atoms with van der Waals surface area (Å²) in [5.74, 6) is -0.936. The molecule has 0 saturated carbocycles. The molecular weight excluding hydrogens is 394 g/mol. The van der Waals surface area contributed by atoms with Gasteiger partial charge in [0.25, 0.3) is 0 Å². The van der Waals surface area contributed by atoms with Crippen molar-refractivity contribution in [2.45, 2.75) is 31.0 Å². The second-order valence-electron chi connectivity index (χ2n) is 7.42. The number of nitrogens with one attached hydrogen (secondary N) is 3. The number of carbonyl (C=O) groups excluding carboxylic acids is 2.